The highest BCUT2D eigenvalue weighted by Gasteiger charge is 2.32. The summed E-state index contributed by atoms with van der Waals surface area (Å²) in [7, 11) is 0. The molecule has 0 N–H and O–H groups in total. The molecular formula is C18H20Cl2. The Morgan fingerprint density at radius 2 is 1.45 bits per heavy atom. The molecule has 0 radical (unpaired) electrons. The first-order valence-corrected chi connectivity index (χ1v) is 7.92. The molecule has 0 unspecified atom stereocenters. The molecule has 2 rings (SSSR count). The number of rotatable bonds is 5. The van der Waals surface area contributed by atoms with Crippen LogP contribution in [0.2, 0.25) is 0 Å². The fourth-order valence-electron chi connectivity index (χ4n) is 2.63. The molecule has 0 atom stereocenters. The Kier molecular flexibility index (Phi) is 5.12. The monoisotopic (exact) mass is 306 g/mol. The van der Waals surface area contributed by atoms with Crippen molar-refractivity contribution in [3.8, 4) is 0 Å². The molecule has 0 aromatic heterocycles. The zero-order valence-electron chi connectivity index (χ0n) is 12.0. The smallest absolute Gasteiger partial charge is 0.0335 e. The average Bonchev–Trinajstić information content (AvgIpc) is 2.48. The van der Waals surface area contributed by atoms with Crippen molar-refractivity contribution in [1.82, 2.24) is 0 Å². The van der Waals surface area contributed by atoms with Gasteiger partial charge in [0.1, 0.15) is 0 Å². The Morgan fingerprint density at radius 3 is 2.00 bits per heavy atom. The second-order valence-corrected chi connectivity index (χ2v) is 6.06. The quantitative estimate of drug-likeness (QED) is 0.661. The second-order valence-electron chi connectivity index (χ2n) is 5.52. The molecule has 2 heteroatoms. The second kappa shape index (κ2) is 6.65. The molecule has 2 aromatic rings. The van der Waals surface area contributed by atoms with Crippen molar-refractivity contribution in [2.75, 3.05) is 11.8 Å². The Labute approximate surface area is 131 Å². The summed E-state index contributed by atoms with van der Waals surface area (Å²) in [4.78, 5) is 0. The Morgan fingerprint density at radius 1 is 0.850 bits per heavy atom. The number of aryl methyl sites for hydroxylation is 2. The first-order chi connectivity index (χ1) is 9.61. The van der Waals surface area contributed by atoms with Gasteiger partial charge in [-0.05, 0) is 37.0 Å². The first-order valence-electron chi connectivity index (χ1n) is 6.85. The normalized spacial score (nSPS) is 11.6. The molecule has 0 saturated heterocycles. The van der Waals surface area contributed by atoms with E-state index in [1.54, 1.807) is 0 Å². The van der Waals surface area contributed by atoms with Gasteiger partial charge in [0.15, 0.2) is 0 Å². The molecule has 2 aromatic carbocycles. The molecule has 0 heterocycles. The van der Waals surface area contributed by atoms with Crippen LogP contribution in [-0.4, -0.2) is 11.8 Å². The van der Waals surface area contributed by atoms with E-state index in [4.69, 9.17) is 23.2 Å². The Hall–Kier alpha value is -0.980. The zero-order chi connectivity index (χ0) is 14.6. The van der Waals surface area contributed by atoms with Gasteiger partial charge < -0.3 is 0 Å². The van der Waals surface area contributed by atoms with Crippen LogP contribution in [0.1, 0.15) is 22.3 Å². The third kappa shape index (κ3) is 3.19. The lowest BCUT2D eigenvalue weighted by Crippen LogP contribution is -2.34. The number of hydrogen-bond acceptors (Lipinski definition) is 0. The van der Waals surface area contributed by atoms with Crippen molar-refractivity contribution in [3.63, 3.8) is 0 Å². The van der Waals surface area contributed by atoms with Crippen molar-refractivity contribution < 1.29 is 0 Å². The van der Waals surface area contributed by atoms with Crippen LogP contribution in [0.15, 0.2) is 48.5 Å². The van der Waals surface area contributed by atoms with Gasteiger partial charge in [-0.1, -0.05) is 54.1 Å². The minimum absolute atomic E-state index is 0.205. The van der Waals surface area contributed by atoms with Crippen molar-refractivity contribution in [2.24, 2.45) is 0 Å². The molecule has 20 heavy (non-hydrogen) atoms. The standard InChI is InChI=1S/C18H20Cl2/c1-14-7-9-16(10-8-14)11-18(12-19,13-20)17-6-4-3-5-15(17)2/h3-10H,11-13H2,1-2H3. The summed E-state index contributed by atoms with van der Waals surface area (Å²) in [6.45, 7) is 4.22. The van der Waals surface area contributed by atoms with E-state index in [0.717, 1.165) is 6.42 Å². The van der Waals surface area contributed by atoms with E-state index >= 15 is 0 Å². The summed E-state index contributed by atoms with van der Waals surface area (Å²) in [5.74, 6) is 1.05. The van der Waals surface area contributed by atoms with Gasteiger partial charge in [-0.2, -0.15) is 0 Å². The molecule has 0 nitrogen and oxygen atoms in total. The van der Waals surface area contributed by atoms with E-state index in [1.807, 2.05) is 0 Å². The molecule has 0 aliphatic heterocycles. The van der Waals surface area contributed by atoms with Crippen molar-refractivity contribution in [2.45, 2.75) is 25.7 Å². The van der Waals surface area contributed by atoms with Gasteiger partial charge in [0.25, 0.3) is 0 Å². The van der Waals surface area contributed by atoms with Gasteiger partial charge in [0.2, 0.25) is 0 Å². The largest absolute Gasteiger partial charge is 0.126 e. The van der Waals surface area contributed by atoms with Crippen LogP contribution in [0.5, 0.6) is 0 Å². The predicted octanol–water partition coefficient (Wildman–Crippen LogP) is 5.26. The van der Waals surface area contributed by atoms with Gasteiger partial charge in [-0.15, -0.1) is 23.2 Å². The van der Waals surface area contributed by atoms with E-state index in [-0.39, 0.29) is 5.41 Å². The van der Waals surface area contributed by atoms with Gasteiger partial charge in [-0.25, -0.2) is 0 Å². The molecular weight excluding hydrogens is 287 g/mol. The molecule has 0 amide bonds. The van der Waals surface area contributed by atoms with E-state index in [2.05, 4.69) is 62.4 Å². The van der Waals surface area contributed by atoms with Crippen LogP contribution in [0.4, 0.5) is 0 Å². The third-order valence-electron chi connectivity index (χ3n) is 3.89. The van der Waals surface area contributed by atoms with E-state index < -0.39 is 0 Å². The predicted molar refractivity (Wildman–Crippen MR) is 89.2 cm³/mol. The van der Waals surface area contributed by atoms with Crippen molar-refractivity contribution in [1.29, 1.82) is 0 Å². The number of halogens is 2. The highest BCUT2D eigenvalue weighted by atomic mass is 35.5. The molecule has 0 spiro atoms. The maximum atomic E-state index is 6.33. The lowest BCUT2D eigenvalue weighted by molar-refractivity contribution is 0.533. The van der Waals surface area contributed by atoms with Crippen LogP contribution < -0.4 is 0 Å². The topological polar surface area (TPSA) is 0 Å². The summed E-state index contributed by atoms with van der Waals surface area (Å²) in [6, 6.07) is 17.0. The maximum absolute atomic E-state index is 6.33. The Balaban J connectivity index is 2.39. The third-order valence-corrected chi connectivity index (χ3v) is 4.91. The van der Waals surface area contributed by atoms with E-state index in [1.165, 1.54) is 22.3 Å². The van der Waals surface area contributed by atoms with Crippen molar-refractivity contribution in [3.05, 3.63) is 70.8 Å². The van der Waals surface area contributed by atoms with Gasteiger partial charge in [-0.3, -0.25) is 0 Å². The van der Waals surface area contributed by atoms with Gasteiger partial charge in [0, 0.05) is 17.2 Å². The fraction of sp³-hybridized carbons (Fsp3) is 0.333. The summed E-state index contributed by atoms with van der Waals surface area (Å²) in [5.41, 5.74) is 4.85. The lowest BCUT2D eigenvalue weighted by Gasteiger charge is -2.32. The highest BCUT2D eigenvalue weighted by Crippen LogP contribution is 2.33. The number of alkyl halides is 2. The molecule has 0 fully saturated rings. The minimum Gasteiger partial charge on any atom is -0.126 e. The minimum atomic E-state index is -0.205. The fourth-order valence-corrected chi connectivity index (χ4v) is 3.40. The molecule has 0 aliphatic carbocycles. The van der Waals surface area contributed by atoms with Gasteiger partial charge in [0.05, 0.1) is 0 Å². The summed E-state index contributed by atoms with van der Waals surface area (Å²) < 4.78 is 0. The van der Waals surface area contributed by atoms with Crippen LogP contribution in [0.3, 0.4) is 0 Å². The van der Waals surface area contributed by atoms with Gasteiger partial charge >= 0.3 is 0 Å². The molecule has 106 valence electrons. The van der Waals surface area contributed by atoms with Crippen molar-refractivity contribution >= 4 is 23.2 Å². The molecule has 0 saturated carbocycles. The zero-order valence-corrected chi connectivity index (χ0v) is 13.5. The molecule has 0 aliphatic rings. The Bertz CT molecular complexity index is 554. The van der Waals surface area contributed by atoms with Crippen LogP contribution in [-0.2, 0) is 11.8 Å². The summed E-state index contributed by atoms with van der Waals surface area (Å²) in [6.07, 6.45) is 0.866. The maximum Gasteiger partial charge on any atom is 0.0335 e. The van der Waals surface area contributed by atoms with E-state index in [9.17, 15) is 0 Å². The molecule has 0 bridgehead atoms. The first kappa shape index (κ1) is 15.4. The summed E-state index contributed by atoms with van der Waals surface area (Å²) in [5, 5.41) is 0. The summed E-state index contributed by atoms with van der Waals surface area (Å²) >= 11 is 12.7. The number of hydrogen-bond donors (Lipinski definition) is 0. The van der Waals surface area contributed by atoms with Crippen LogP contribution >= 0.6 is 23.2 Å². The SMILES string of the molecule is Cc1ccc(CC(CCl)(CCl)c2ccccc2C)cc1. The van der Waals surface area contributed by atoms with Crippen LogP contribution in [0.25, 0.3) is 0 Å². The average molecular weight is 307 g/mol. The number of benzene rings is 2. The van der Waals surface area contributed by atoms with Crippen LogP contribution in [0, 0.1) is 13.8 Å². The highest BCUT2D eigenvalue weighted by molar-refractivity contribution is 6.22. The van der Waals surface area contributed by atoms with E-state index in [0.29, 0.717) is 11.8 Å². The lowest BCUT2D eigenvalue weighted by atomic mass is 9.77.